The van der Waals surface area contributed by atoms with E-state index in [0.29, 0.717) is 24.9 Å². The van der Waals surface area contributed by atoms with Gasteiger partial charge in [-0.3, -0.25) is 4.90 Å². The minimum Gasteiger partial charge on any atom is -0.496 e. The first-order valence-corrected chi connectivity index (χ1v) is 6.90. The van der Waals surface area contributed by atoms with E-state index in [1.54, 1.807) is 7.11 Å². The summed E-state index contributed by atoms with van der Waals surface area (Å²) in [5.41, 5.74) is 1.77. The number of hydrogen-bond acceptors (Lipinski definition) is 4. The van der Waals surface area contributed by atoms with Gasteiger partial charge in [0, 0.05) is 30.8 Å². The maximum Gasteiger partial charge on any atom is 0.328 e. The highest BCUT2D eigenvalue weighted by Gasteiger charge is 2.11. The van der Waals surface area contributed by atoms with Gasteiger partial charge in [-0.25, -0.2) is 4.79 Å². The highest BCUT2D eigenvalue weighted by atomic mass is 16.5. The number of rotatable bonds is 8. The van der Waals surface area contributed by atoms with E-state index >= 15 is 0 Å². The monoisotopic (exact) mass is 293 g/mol. The molecule has 5 heteroatoms. The van der Waals surface area contributed by atoms with Gasteiger partial charge in [-0.15, -0.1) is 0 Å². The second kappa shape index (κ2) is 8.44. The average Bonchev–Trinajstić information content (AvgIpc) is 2.44. The smallest absolute Gasteiger partial charge is 0.328 e. The molecular weight excluding hydrogens is 270 g/mol. The first-order valence-electron chi connectivity index (χ1n) is 6.90. The largest absolute Gasteiger partial charge is 0.496 e. The first-order chi connectivity index (χ1) is 9.97. The van der Waals surface area contributed by atoms with Crippen LogP contribution in [0.2, 0.25) is 0 Å². The Bertz CT molecular complexity index is 497. The van der Waals surface area contributed by atoms with E-state index in [0.717, 1.165) is 17.2 Å². The molecule has 5 nitrogen and oxygen atoms in total. The standard InChI is InChI=1S/C16H23NO4/c1-12(2)17(8-9-18)11-13-4-6-15(21-3)14(10-13)5-7-16(19)20/h4-7,10,12,18H,8-9,11H2,1-3H3,(H,19,20). The summed E-state index contributed by atoms with van der Waals surface area (Å²) in [7, 11) is 1.55. The summed E-state index contributed by atoms with van der Waals surface area (Å²) in [5, 5.41) is 17.8. The van der Waals surface area contributed by atoms with Crippen molar-refractivity contribution in [3.8, 4) is 5.75 Å². The molecule has 0 amide bonds. The fraction of sp³-hybridized carbons (Fsp3) is 0.438. The number of methoxy groups -OCH3 is 1. The molecule has 1 aromatic carbocycles. The van der Waals surface area contributed by atoms with Gasteiger partial charge in [0.15, 0.2) is 0 Å². The lowest BCUT2D eigenvalue weighted by molar-refractivity contribution is -0.131. The second-order valence-electron chi connectivity index (χ2n) is 5.04. The molecule has 0 aliphatic heterocycles. The number of carbonyl (C=O) groups is 1. The predicted molar refractivity (Wildman–Crippen MR) is 82.3 cm³/mol. The molecule has 0 aromatic heterocycles. The molecule has 0 heterocycles. The zero-order valence-electron chi connectivity index (χ0n) is 12.7. The van der Waals surface area contributed by atoms with Gasteiger partial charge in [0.05, 0.1) is 13.7 Å². The SMILES string of the molecule is COc1ccc(CN(CCO)C(C)C)cc1C=CC(=O)O. The van der Waals surface area contributed by atoms with Crippen molar-refractivity contribution in [3.05, 3.63) is 35.4 Å². The van der Waals surface area contributed by atoms with Crippen molar-refractivity contribution in [2.75, 3.05) is 20.3 Å². The van der Waals surface area contributed by atoms with Crippen LogP contribution in [0.15, 0.2) is 24.3 Å². The topological polar surface area (TPSA) is 70.0 Å². The minimum atomic E-state index is -0.994. The molecule has 2 N–H and O–H groups in total. The number of carboxylic acids is 1. The number of benzene rings is 1. The zero-order chi connectivity index (χ0) is 15.8. The third-order valence-corrected chi connectivity index (χ3v) is 3.20. The zero-order valence-corrected chi connectivity index (χ0v) is 12.7. The number of carboxylic acid groups (broad SMARTS) is 1. The number of ether oxygens (including phenoxy) is 1. The molecule has 0 spiro atoms. The van der Waals surface area contributed by atoms with Crippen LogP contribution in [0.5, 0.6) is 5.75 Å². The molecule has 0 radical (unpaired) electrons. The van der Waals surface area contributed by atoms with E-state index in [1.165, 1.54) is 6.08 Å². The third kappa shape index (κ3) is 5.57. The fourth-order valence-corrected chi connectivity index (χ4v) is 2.06. The fourth-order valence-electron chi connectivity index (χ4n) is 2.06. The number of nitrogens with zero attached hydrogens (tertiary/aromatic N) is 1. The summed E-state index contributed by atoms with van der Waals surface area (Å²) in [4.78, 5) is 12.8. The van der Waals surface area contributed by atoms with Crippen LogP contribution in [0.25, 0.3) is 6.08 Å². The van der Waals surface area contributed by atoms with Gasteiger partial charge in [0.25, 0.3) is 0 Å². The molecule has 0 fully saturated rings. The quantitative estimate of drug-likeness (QED) is 0.717. The highest BCUT2D eigenvalue weighted by molar-refractivity contribution is 5.85. The number of aliphatic hydroxyl groups is 1. The van der Waals surface area contributed by atoms with Gasteiger partial charge in [0.2, 0.25) is 0 Å². The van der Waals surface area contributed by atoms with Crippen molar-refractivity contribution in [1.29, 1.82) is 0 Å². The molecule has 21 heavy (non-hydrogen) atoms. The van der Waals surface area contributed by atoms with E-state index in [4.69, 9.17) is 14.9 Å². The summed E-state index contributed by atoms with van der Waals surface area (Å²) < 4.78 is 5.23. The Hall–Kier alpha value is -1.85. The molecule has 0 aliphatic carbocycles. The summed E-state index contributed by atoms with van der Waals surface area (Å²) >= 11 is 0. The molecular formula is C16H23NO4. The van der Waals surface area contributed by atoms with Gasteiger partial charge in [0.1, 0.15) is 5.75 Å². The molecule has 0 atom stereocenters. The van der Waals surface area contributed by atoms with E-state index < -0.39 is 5.97 Å². The van der Waals surface area contributed by atoms with Crippen LogP contribution in [-0.4, -0.2) is 47.4 Å². The van der Waals surface area contributed by atoms with Crippen molar-refractivity contribution in [1.82, 2.24) is 4.90 Å². The maximum atomic E-state index is 10.6. The molecule has 116 valence electrons. The molecule has 0 saturated heterocycles. The average molecular weight is 293 g/mol. The van der Waals surface area contributed by atoms with Gasteiger partial charge in [-0.1, -0.05) is 6.07 Å². The Balaban J connectivity index is 2.98. The van der Waals surface area contributed by atoms with Gasteiger partial charge < -0.3 is 14.9 Å². The van der Waals surface area contributed by atoms with Crippen LogP contribution in [0, 0.1) is 0 Å². The Labute approximate surface area is 125 Å². The third-order valence-electron chi connectivity index (χ3n) is 3.20. The van der Waals surface area contributed by atoms with Crippen LogP contribution >= 0.6 is 0 Å². The van der Waals surface area contributed by atoms with Crippen LogP contribution in [-0.2, 0) is 11.3 Å². The highest BCUT2D eigenvalue weighted by Crippen LogP contribution is 2.22. The van der Waals surface area contributed by atoms with Crippen LogP contribution < -0.4 is 4.74 Å². The van der Waals surface area contributed by atoms with Crippen LogP contribution in [0.4, 0.5) is 0 Å². The Morgan fingerprint density at radius 2 is 2.14 bits per heavy atom. The van der Waals surface area contributed by atoms with Crippen molar-refractivity contribution < 1.29 is 19.7 Å². The van der Waals surface area contributed by atoms with E-state index in [9.17, 15) is 4.79 Å². The predicted octanol–water partition coefficient (Wildman–Crippen LogP) is 2.00. The maximum absolute atomic E-state index is 10.6. The summed E-state index contributed by atoms with van der Waals surface area (Å²) in [5.74, 6) is -0.360. The second-order valence-corrected chi connectivity index (χ2v) is 5.04. The number of aliphatic hydroxyl groups excluding tert-OH is 1. The van der Waals surface area contributed by atoms with E-state index in [1.807, 2.05) is 18.2 Å². The first kappa shape index (κ1) is 17.2. The Morgan fingerprint density at radius 1 is 1.43 bits per heavy atom. The lowest BCUT2D eigenvalue weighted by Crippen LogP contribution is -2.32. The molecule has 0 unspecified atom stereocenters. The molecule has 0 bridgehead atoms. The van der Waals surface area contributed by atoms with Crippen molar-refractivity contribution in [3.63, 3.8) is 0 Å². The lowest BCUT2D eigenvalue weighted by Gasteiger charge is -2.25. The summed E-state index contributed by atoms with van der Waals surface area (Å²) in [6, 6.07) is 6.00. The lowest BCUT2D eigenvalue weighted by atomic mass is 10.1. The van der Waals surface area contributed by atoms with E-state index in [2.05, 4.69) is 18.7 Å². The molecule has 1 aromatic rings. The minimum absolute atomic E-state index is 0.111. The molecule has 0 aliphatic rings. The normalized spacial score (nSPS) is 11.5. The summed E-state index contributed by atoms with van der Waals surface area (Å²) in [6.45, 7) is 5.55. The summed E-state index contributed by atoms with van der Waals surface area (Å²) in [6.07, 6.45) is 2.62. The van der Waals surface area contributed by atoms with Gasteiger partial charge in [-0.2, -0.15) is 0 Å². The molecule has 1 rings (SSSR count). The van der Waals surface area contributed by atoms with Crippen molar-refractivity contribution in [2.45, 2.75) is 26.4 Å². The van der Waals surface area contributed by atoms with Gasteiger partial charge >= 0.3 is 5.97 Å². The van der Waals surface area contributed by atoms with Crippen LogP contribution in [0.3, 0.4) is 0 Å². The van der Waals surface area contributed by atoms with Crippen molar-refractivity contribution >= 4 is 12.0 Å². The molecule has 0 saturated carbocycles. The van der Waals surface area contributed by atoms with Crippen LogP contribution in [0.1, 0.15) is 25.0 Å². The van der Waals surface area contributed by atoms with Gasteiger partial charge in [-0.05, 0) is 37.6 Å². The Kier molecular flexibility index (Phi) is 6.91. The van der Waals surface area contributed by atoms with Crippen molar-refractivity contribution in [2.24, 2.45) is 0 Å². The Morgan fingerprint density at radius 3 is 2.67 bits per heavy atom. The number of aliphatic carboxylic acids is 1. The number of hydrogen-bond donors (Lipinski definition) is 2. The van der Waals surface area contributed by atoms with E-state index in [-0.39, 0.29) is 6.61 Å².